The third-order valence-electron chi connectivity index (χ3n) is 1.23. The molecule has 1 N–H and O–H groups in total. The molecule has 0 bridgehead atoms. The van der Waals surface area contributed by atoms with Crippen molar-refractivity contribution in [2.75, 3.05) is 12.0 Å². The van der Waals surface area contributed by atoms with Crippen LogP contribution in [0.4, 0.5) is 0 Å². The van der Waals surface area contributed by atoms with Gasteiger partial charge < -0.3 is 15.2 Å². The molecule has 0 fully saturated rings. The zero-order chi connectivity index (χ0) is 10.3. The average molecular weight is 214 g/mol. The first-order valence-corrected chi connectivity index (χ1v) is 4.79. The van der Waals surface area contributed by atoms with Gasteiger partial charge in [0.05, 0.1) is 12.0 Å². The number of thioether (sulfide) groups is 1. The van der Waals surface area contributed by atoms with Gasteiger partial charge in [-0.1, -0.05) is 0 Å². The molecule has 0 rings (SSSR count). The van der Waals surface area contributed by atoms with E-state index in [-0.39, 0.29) is 29.6 Å². The van der Waals surface area contributed by atoms with Gasteiger partial charge >= 0.3 is 29.6 Å². The molecule has 0 aromatic rings. The predicted molar refractivity (Wildman–Crippen MR) is 45.6 cm³/mol. The van der Waals surface area contributed by atoms with E-state index in [9.17, 15) is 14.7 Å². The Labute approximate surface area is 106 Å². The fourth-order valence-electron chi connectivity index (χ4n) is 0.679. The van der Waals surface area contributed by atoms with E-state index in [0.29, 0.717) is 12.2 Å². The molecule has 0 unspecified atom stereocenters. The Hall–Kier alpha value is 0.290. The molecule has 6 heteroatoms. The number of hydrogen-bond donors (Lipinski definition) is 1. The molecule has 0 spiro atoms. The van der Waals surface area contributed by atoms with Crippen molar-refractivity contribution in [3.8, 4) is 0 Å². The van der Waals surface area contributed by atoms with Crippen molar-refractivity contribution >= 4 is 23.6 Å². The number of nitrogens with one attached hydrogen (secondary N) is 1. The Balaban J connectivity index is 0. The SMILES string of the molecule is [2H]CC(=O)N[C@@H](CCSC)C(=O)[O-].[Na+]. The van der Waals surface area contributed by atoms with Gasteiger partial charge in [-0.3, -0.25) is 4.79 Å². The van der Waals surface area contributed by atoms with Crippen LogP contribution in [0, 0.1) is 0 Å². The second-order valence-corrected chi connectivity index (χ2v) is 3.21. The second kappa shape index (κ2) is 8.87. The van der Waals surface area contributed by atoms with Crippen molar-refractivity contribution in [1.29, 1.82) is 0 Å². The zero-order valence-electron chi connectivity index (χ0n) is 8.83. The summed E-state index contributed by atoms with van der Waals surface area (Å²) >= 11 is 1.49. The van der Waals surface area contributed by atoms with Gasteiger partial charge in [-0.15, -0.1) is 0 Å². The summed E-state index contributed by atoms with van der Waals surface area (Å²) in [5, 5.41) is 12.7. The van der Waals surface area contributed by atoms with Gasteiger partial charge in [-0.05, 0) is 18.4 Å². The molecule has 0 heterocycles. The minimum absolute atomic E-state index is 0. The molecule has 0 aliphatic rings. The number of carbonyl (C=O) groups excluding carboxylic acids is 2. The molecule has 70 valence electrons. The number of rotatable bonds is 5. The van der Waals surface area contributed by atoms with Crippen LogP contribution in [0.2, 0.25) is 0 Å². The van der Waals surface area contributed by atoms with E-state index >= 15 is 0 Å². The van der Waals surface area contributed by atoms with Crippen LogP contribution in [0.25, 0.3) is 0 Å². The molecule has 0 aromatic heterocycles. The van der Waals surface area contributed by atoms with E-state index in [1.54, 1.807) is 0 Å². The minimum atomic E-state index is -1.30. The van der Waals surface area contributed by atoms with Crippen LogP contribution in [0.1, 0.15) is 14.7 Å². The zero-order valence-corrected chi connectivity index (χ0v) is 10.6. The smallest absolute Gasteiger partial charge is 0.548 e. The maximum atomic E-state index is 10.7. The molecule has 0 aromatic carbocycles. The van der Waals surface area contributed by atoms with Crippen LogP contribution >= 0.6 is 11.8 Å². The monoisotopic (exact) mass is 214 g/mol. The Kier molecular flexibility index (Phi) is 9.07. The summed E-state index contributed by atoms with van der Waals surface area (Å²) in [6.07, 6.45) is 2.17. The van der Waals surface area contributed by atoms with Crippen LogP contribution in [-0.4, -0.2) is 29.9 Å². The molecule has 0 aliphatic heterocycles. The summed E-state index contributed by atoms with van der Waals surface area (Å²) in [4.78, 5) is 21.2. The van der Waals surface area contributed by atoms with Crippen LogP contribution in [-0.2, 0) is 9.59 Å². The van der Waals surface area contributed by atoms with E-state index in [1.165, 1.54) is 11.8 Å². The van der Waals surface area contributed by atoms with E-state index in [4.69, 9.17) is 1.37 Å². The summed E-state index contributed by atoms with van der Waals surface area (Å²) in [5.74, 6) is -1.25. The van der Waals surface area contributed by atoms with Crippen LogP contribution in [0.3, 0.4) is 0 Å². The van der Waals surface area contributed by atoms with E-state index < -0.39 is 24.8 Å². The number of carboxylic acids is 1. The van der Waals surface area contributed by atoms with Gasteiger partial charge in [0.1, 0.15) is 0 Å². The van der Waals surface area contributed by atoms with Gasteiger partial charge in [0.25, 0.3) is 0 Å². The molecule has 13 heavy (non-hydrogen) atoms. The van der Waals surface area contributed by atoms with E-state index in [0.717, 1.165) is 0 Å². The summed E-state index contributed by atoms with van der Waals surface area (Å²) < 4.78 is 6.69. The van der Waals surface area contributed by atoms with Gasteiger partial charge in [0, 0.05) is 8.27 Å². The molecule has 0 saturated heterocycles. The summed E-state index contributed by atoms with van der Waals surface area (Å²) in [5.41, 5.74) is 0. The number of aliphatic carboxylic acids is 1. The molecular formula is C7H12NNaO3S. The fourth-order valence-corrected chi connectivity index (χ4v) is 1.15. The quantitative estimate of drug-likeness (QED) is 0.474. The topological polar surface area (TPSA) is 69.2 Å². The molecule has 0 saturated carbocycles. The predicted octanol–water partition coefficient (Wildman–Crippen LogP) is -4.00. The Bertz CT molecular complexity index is 194. The maximum Gasteiger partial charge on any atom is 1.00 e. The summed E-state index contributed by atoms with van der Waals surface area (Å²) in [7, 11) is 0. The number of carbonyl (C=O) groups is 2. The van der Waals surface area contributed by atoms with Crippen molar-refractivity contribution < 1.29 is 45.6 Å². The molecule has 4 nitrogen and oxygen atoms in total. The minimum Gasteiger partial charge on any atom is -0.548 e. The normalized spacial score (nSPS) is 12.2. The van der Waals surface area contributed by atoms with Crippen molar-refractivity contribution in [3.63, 3.8) is 0 Å². The third-order valence-corrected chi connectivity index (χ3v) is 1.87. The Morgan fingerprint density at radius 3 is 2.69 bits per heavy atom. The van der Waals surface area contributed by atoms with Gasteiger partial charge in [0.2, 0.25) is 5.91 Å². The van der Waals surface area contributed by atoms with Crippen molar-refractivity contribution in [2.45, 2.75) is 19.4 Å². The third kappa shape index (κ3) is 8.62. The Morgan fingerprint density at radius 1 is 1.69 bits per heavy atom. The molecule has 1 atom stereocenters. The fraction of sp³-hybridized carbons (Fsp3) is 0.714. The molecule has 0 radical (unpaired) electrons. The summed E-state index contributed by atoms with van der Waals surface area (Å²) in [6.45, 7) is -0.455. The molecule has 0 aliphatic carbocycles. The number of amides is 1. The van der Waals surface area contributed by atoms with Gasteiger partial charge in [0.15, 0.2) is 0 Å². The van der Waals surface area contributed by atoms with Crippen molar-refractivity contribution in [3.05, 3.63) is 0 Å². The average Bonchev–Trinajstić information content (AvgIpc) is 2.11. The molecular weight excluding hydrogens is 201 g/mol. The van der Waals surface area contributed by atoms with Gasteiger partial charge in [-0.25, -0.2) is 0 Å². The van der Waals surface area contributed by atoms with Crippen molar-refractivity contribution in [1.82, 2.24) is 5.32 Å². The maximum absolute atomic E-state index is 10.7. The second-order valence-electron chi connectivity index (χ2n) is 2.22. The van der Waals surface area contributed by atoms with Crippen molar-refractivity contribution in [2.24, 2.45) is 0 Å². The number of hydrogen-bond acceptors (Lipinski definition) is 4. The van der Waals surface area contributed by atoms with Gasteiger partial charge in [-0.2, -0.15) is 11.8 Å². The van der Waals surface area contributed by atoms with E-state index in [1.807, 2.05) is 6.26 Å². The first-order chi connectivity index (χ1) is 6.11. The Morgan fingerprint density at radius 2 is 2.31 bits per heavy atom. The van der Waals surface area contributed by atoms with Crippen LogP contribution < -0.4 is 40.0 Å². The standard InChI is InChI=1S/C7H13NO3S.Na/c1-5(9)8-6(7(10)11)3-4-12-2;/h6H,3-4H2,1-2H3,(H,8,9)(H,10,11);/q;+1/p-1/t6-;/m0./s1/i1D;. The largest absolute Gasteiger partial charge is 1.00 e. The van der Waals surface area contributed by atoms with Crippen LogP contribution in [0.5, 0.6) is 0 Å². The first kappa shape index (κ1) is 13.3. The summed E-state index contributed by atoms with van der Waals surface area (Å²) in [6, 6.07) is -0.967. The first-order valence-electron chi connectivity index (χ1n) is 4.11. The molecule has 1 amide bonds. The van der Waals surface area contributed by atoms with E-state index in [2.05, 4.69) is 5.32 Å². The van der Waals surface area contributed by atoms with Crippen LogP contribution in [0.15, 0.2) is 0 Å². The number of carboxylic acid groups (broad SMARTS) is 1.